The van der Waals surface area contributed by atoms with Gasteiger partial charge in [0.25, 0.3) is 5.91 Å². The second-order valence-corrected chi connectivity index (χ2v) is 6.96. The number of amides is 2. The summed E-state index contributed by atoms with van der Waals surface area (Å²) in [6, 6.07) is 12.2. The van der Waals surface area contributed by atoms with Crippen LogP contribution in [0.2, 0.25) is 0 Å². The van der Waals surface area contributed by atoms with Crippen LogP contribution in [0.1, 0.15) is 6.42 Å². The Morgan fingerprint density at radius 1 is 1.19 bits per heavy atom. The Morgan fingerprint density at radius 3 is 2.63 bits per heavy atom. The number of hydrazone groups is 1. The summed E-state index contributed by atoms with van der Waals surface area (Å²) in [5.41, 5.74) is 6.87. The lowest BCUT2D eigenvalue weighted by Gasteiger charge is -2.20. The topological polar surface area (TPSA) is 101 Å². The van der Waals surface area contributed by atoms with E-state index in [0.29, 0.717) is 10.8 Å². The summed E-state index contributed by atoms with van der Waals surface area (Å²) in [4.78, 5) is 28.7. The van der Waals surface area contributed by atoms with E-state index in [0.717, 1.165) is 10.2 Å². The monoisotopic (exact) mass is 383 g/mol. The van der Waals surface area contributed by atoms with Crippen LogP contribution in [0, 0.1) is 5.82 Å². The van der Waals surface area contributed by atoms with Gasteiger partial charge in [0.05, 0.1) is 15.9 Å². The quantitative estimate of drug-likeness (QED) is 0.723. The Morgan fingerprint density at radius 2 is 1.93 bits per heavy atom. The van der Waals surface area contributed by atoms with E-state index >= 15 is 0 Å². The number of nitrogens with zero attached hydrogens (tertiary/aromatic N) is 3. The zero-order valence-electron chi connectivity index (χ0n) is 13.9. The largest absolute Gasteiger partial charge is 0.368 e. The van der Waals surface area contributed by atoms with Gasteiger partial charge in [-0.3, -0.25) is 19.9 Å². The fourth-order valence-corrected chi connectivity index (χ4v) is 3.66. The molecule has 3 N–H and O–H groups in total. The van der Waals surface area contributed by atoms with Crippen LogP contribution in [0.5, 0.6) is 0 Å². The molecule has 0 bridgehead atoms. The third-order valence-corrected chi connectivity index (χ3v) is 5.06. The van der Waals surface area contributed by atoms with Gasteiger partial charge in [-0.2, -0.15) is 5.10 Å². The summed E-state index contributed by atoms with van der Waals surface area (Å²) in [6.45, 7) is 0. The molecule has 1 atom stereocenters. The molecule has 136 valence electrons. The van der Waals surface area contributed by atoms with Crippen molar-refractivity contribution in [3.05, 3.63) is 54.3 Å². The van der Waals surface area contributed by atoms with Crippen LogP contribution in [0.3, 0.4) is 0 Å². The van der Waals surface area contributed by atoms with Crippen molar-refractivity contribution in [1.29, 1.82) is 0 Å². The van der Waals surface area contributed by atoms with Gasteiger partial charge >= 0.3 is 0 Å². The van der Waals surface area contributed by atoms with E-state index in [1.165, 1.54) is 40.6 Å². The number of hydrogen-bond acceptors (Lipinski definition) is 6. The number of primary amides is 1. The molecule has 1 unspecified atom stereocenters. The molecule has 2 aromatic carbocycles. The summed E-state index contributed by atoms with van der Waals surface area (Å²) in [7, 11) is 0. The van der Waals surface area contributed by atoms with E-state index in [1.54, 1.807) is 0 Å². The van der Waals surface area contributed by atoms with Gasteiger partial charge < -0.3 is 5.73 Å². The first-order valence-electron chi connectivity index (χ1n) is 8.10. The van der Waals surface area contributed by atoms with Crippen molar-refractivity contribution in [2.75, 3.05) is 10.3 Å². The number of halogens is 1. The smallest absolute Gasteiger partial charge is 0.273 e. The van der Waals surface area contributed by atoms with Crippen LogP contribution in [0.15, 0.2) is 53.6 Å². The number of aromatic nitrogens is 1. The van der Waals surface area contributed by atoms with Gasteiger partial charge in [0.2, 0.25) is 5.91 Å². The minimum Gasteiger partial charge on any atom is -0.368 e. The highest BCUT2D eigenvalue weighted by Crippen LogP contribution is 2.27. The van der Waals surface area contributed by atoms with E-state index < -0.39 is 23.7 Å². The van der Waals surface area contributed by atoms with Crippen LogP contribution in [0.25, 0.3) is 10.2 Å². The minimum absolute atomic E-state index is 0.0590. The van der Waals surface area contributed by atoms with Crippen molar-refractivity contribution in [2.24, 2.45) is 10.8 Å². The Hall–Kier alpha value is -3.33. The number of hydrogen-bond donors (Lipinski definition) is 2. The highest BCUT2D eigenvalue weighted by atomic mass is 32.1. The molecule has 0 radical (unpaired) electrons. The molecule has 3 aromatic rings. The first kappa shape index (κ1) is 17.1. The molecule has 1 aromatic heterocycles. The van der Waals surface area contributed by atoms with Crippen LogP contribution in [-0.4, -0.2) is 28.6 Å². The maximum Gasteiger partial charge on any atom is 0.273 e. The Labute approximate surface area is 157 Å². The zero-order valence-corrected chi connectivity index (χ0v) is 14.7. The van der Waals surface area contributed by atoms with Gasteiger partial charge in [0.1, 0.15) is 17.6 Å². The molecule has 7 nitrogen and oxygen atoms in total. The molecular formula is C18H14FN5O2S. The number of anilines is 2. The Kier molecular flexibility index (Phi) is 4.28. The highest BCUT2D eigenvalue weighted by Gasteiger charge is 2.35. The van der Waals surface area contributed by atoms with Gasteiger partial charge in [0.15, 0.2) is 5.13 Å². The van der Waals surface area contributed by atoms with Crippen molar-refractivity contribution < 1.29 is 14.0 Å². The third-order valence-electron chi connectivity index (χ3n) is 4.11. The molecule has 2 amide bonds. The number of benzene rings is 2. The molecule has 0 fully saturated rings. The number of nitrogens with two attached hydrogens (primary N) is 1. The lowest BCUT2D eigenvalue weighted by molar-refractivity contribution is -0.119. The number of nitrogens with one attached hydrogen (secondary N) is 1. The maximum atomic E-state index is 13.1. The van der Waals surface area contributed by atoms with Crippen LogP contribution in [-0.2, 0) is 9.59 Å². The third kappa shape index (κ3) is 3.36. The van der Waals surface area contributed by atoms with Gasteiger partial charge in [-0.25, -0.2) is 9.37 Å². The van der Waals surface area contributed by atoms with Crippen LogP contribution in [0.4, 0.5) is 15.2 Å². The van der Waals surface area contributed by atoms with E-state index in [4.69, 9.17) is 5.73 Å². The maximum absolute atomic E-state index is 13.1. The standard InChI is InChI=1S/C18H14FN5O2S/c19-10-5-7-11(8-6-10)24-14(16(20)25)9-13(23-24)17(26)22-18-21-12-3-1-2-4-15(12)27-18/h1-8,14H,9H2,(H2,20,25)(H,21,22,26). The number of para-hydroxylation sites is 1. The van der Waals surface area contributed by atoms with Crippen molar-refractivity contribution >= 4 is 49.9 Å². The molecular weight excluding hydrogens is 369 g/mol. The normalized spacial score (nSPS) is 16.4. The second kappa shape index (κ2) is 6.76. The predicted octanol–water partition coefficient (Wildman–Crippen LogP) is 2.49. The molecule has 0 spiro atoms. The molecule has 1 aliphatic rings. The summed E-state index contributed by atoms with van der Waals surface area (Å²) in [5, 5.41) is 8.73. The zero-order chi connectivity index (χ0) is 19.0. The summed E-state index contributed by atoms with van der Waals surface area (Å²) in [6.07, 6.45) is 0.0590. The van der Waals surface area contributed by atoms with E-state index in [1.807, 2.05) is 24.3 Å². The second-order valence-electron chi connectivity index (χ2n) is 5.93. The van der Waals surface area contributed by atoms with Gasteiger partial charge in [-0.15, -0.1) is 0 Å². The molecule has 27 heavy (non-hydrogen) atoms. The van der Waals surface area contributed by atoms with E-state index in [2.05, 4.69) is 15.4 Å². The van der Waals surface area contributed by atoms with Crippen molar-refractivity contribution in [3.8, 4) is 0 Å². The average Bonchev–Trinajstić information content (AvgIpc) is 3.26. The average molecular weight is 383 g/mol. The first-order chi connectivity index (χ1) is 13.0. The number of thiazole rings is 1. The predicted molar refractivity (Wildman–Crippen MR) is 102 cm³/mol. The molecule has 0 aliphatic carbocycles. The van der Waals surface area contributed by atoms with Crippen molar-refractivity contribution in [2.45, 2.75) is 12.5 Å². The Balaban J connectivity index is 1.58. The van der Waals surface area contributed by atoms with Crippen LogP contribution < -0.4 is 16.1 Å². The fourth-order valence-electron chi connectivity index (χ4n) is 2.80. The molecule has 9 heteroatoms. The lowest BCUT2D eigenvalue weighted by Crippen LogP contribution is -2.39. The summed E-state index contributed by atoms with van der Waals surface area (Å²) < 4.78 is 14.1. The Bertz CT molecular complexity index is 1030. The lowest BCUT2D eigenvalue weighted by atomic mass is 10.1. The molecule has 1 aliphatic heterocycles. The number of carbonyl (C=O) groups excluding carboxylic acids is 2. The van der Waals surface area contributed by atoms with E-state index in [9.17, 15) is 14.0 Å². The molecule has 2 heterocycles. The molecule has 0 saturated heterocycles. The SMILES string of the molecule is NC(=O)C1CC(C(=O)Nc2nc3ccccc3s2)=NN1c1ccc(F)cc1. The fraction of sp³-hybridized carbons (Fsp3) is 0.111. The number of fused-ring (bicyclic) bond motifs is 1. The first-order valence-corrected chi connectivity index (χ1v) is 8.91. The summed E-state index contributed by atoms with van der Waals surface area (Å²) in [5.74, 6) is -1.48. The summed E-state index contributed by atoms with van der Waals surface area (Å²) >= 11 is 1.35. The molecule has 0 saturated carbocycles. The number of carbonyl (C=O) groups is 2. The molecule has 4 rings (SSSR count). The van der Waals surface area contributed by atoms with Gasteiger partial charge in [-0.1, -0.05) is 23.5 Å². The van der Waals surface area contributed by atoms with Gasteiger partial charge in [0, 0.05) is 6.42 Å². The van der Waals surface area contributed by atoms with Crippen LogP contribution >= 0.6 is 11.3 Å². The van der Waals surface area contributed by atoms with Crippen molar-refractivity contribution in [3.63, 3.8) is 0 Å². The van der Waals surface area contributed by atoms with Crippen molar-refractivity contribution in [1.82, 2.24) is 4.98 Å². The van der Waals surface area contributed by atoms with E-state index in [-0.39, 0.29) is 12.1 Å². The van der Waals surface area contributed by atoms with Gasteiger partial charge in [-0.05, 0) is 36.4 Å². The number of rotatable bonds is 4. The highest BCUT2D eigenvalue weighted by molar-refractivity contribution is 7.22. The minimum atomic E-state index is -0.813.